The maximum absolute atomic E-state index is 11.6. The number of oxime groups is 1. The van der Waals surface area contributed by atoms with Crippen LogP contribution in [0.4, 0.5) is 4.79 Å². The van der Waals surface area contributed by atoms with E-state index in [1.807, 2.05) is 13.8 Å². The summed E-state index contributed by atoms with van der Waals surface area (Å²) in [7, 11) is 0. The summed E-state index contributed by atoms with van der Waals surface area (Å²) in [4.78, 5) is 11.6. The van der Waals surface area contributed by atoms with Gasteiger partial charge in [-0.3, -0.25) is 0 Å². The highest BCUT2D eigenvalue weighted by atomic mass is 35.5. The topological polar surface area (TPSA) is 70.9 Å². The van der Waals surface area contributed by atoms with Gasteiger partial charge < -0.3 is 15.3 Å². The molecule has 0 aromatic rings. The summed E-state index contributed by atoms with van der Waals surface area (Å²) in [5.41, 5.74) is -0.540. The number of alkyl carbamates (subject to hydrolysis) is 1. The molecule has 2 N–H and O–H groups in total. The van der Waals surface area contributed by atoms with E-state index < -0.39 is 11.7 Å². The molecule has 18 heavy (non-hydrogen) atoms. The first kappa shape index (κ1) is 17.0. The van der Waals surface area contributed by atoms with Crippen molar-refractivity contribution in [2.45, 2.75) is 59.1 Å². The SMILES string of the molecule is CC(C)C[C@@H](C/C(Cl)=N/O)NC(=O)OC(C)(C)C. The molecule has 0 aliphatic carbocycles. The zero-order valence-electron chi connectivity index (χ0n) is 11.7. The number of rotatable bonds is 5. The Labute approximate surface area is 114 Å². The van der Waals surface area contributed by atoms with Crippen molar-refractivity contribution in [3.63, 3.8) is 0 Å². The Bertz CT molecular complexity index is 298. The number of halogens is 1. The summed E-state index contributed by atoms with van der Waals surface area (Å²) in [6.07, 6.45) is 0.524. The van der Waals surface area contributed by atoms with Gasteiger partial charge in [-0.25, -0.2) is 4.79 Å². The fraction of sp³-hybridized carbons (Fsp3) is 0.833. The van der Waals surface area contributed by atoms with Gasteiger partial charge in [0.15, 0.2) is 0 Å². The van der Waals surface area contributed by atoms with Crippen LogP contribution in [0.5, 0.6) is 0 Å². The van der Waals surface area contributed by atoms with Crippen molar-refractivity contribution in [3.8, 4) is 0 Å². The second-order valence-corrected chi connectivity index (χ2v) is 6.09. The van der Waals surface area contributed by atoms with Crippen LogP contribution in [0, 0.1) is 5.92 Å². The lowest BCUT2D eigenvalue weighted by Gasteiger charge is -2.24. The molecule has 0 saturated carbocycles. The first-order valence-corrected chi connectivity index (χ1v) is 6.37. The molecule has 0 aromatic heterocycles. The third kappa shape index (κ3) is 9.10. The number of nitrogens with zero attached hydrogens (tertiary/aromatic N) is 1. The third-order valence-corrected chi connectivity index (χ3v) is 2.23. The second kappa shape index (κ2) is 7.46. The summed E-state index contributed by atoms with van der Waals surface area (Å²) in [5.74, 6) is 0.382. The van der Waals surface area contributed by atoms with E-state index in [1.165, 1.54) is 0 Å². The van der Waals surface area contributed by atoms with Crippen LogP contribution in [-0.2, 0) is 4.74 Å². The summed E-state index contributed by atoms with van der Waals surface area (Å²) < 4.78 is 5.17. The van der Waals surface area contributed by atoms with E-state index in [0.29, 0.717) is 5.92 Å². The molecular weight excluding hydrogens is 256 g/mol. The monoisotopic (exact) mass is 278 g/mol. The van der Waals surface area contributed by atoms with Crippen molar-refractivity contribution in [1.82, 2.24) is 5.32 Å². The predicted octanol–water partition coefficient (Wildman–Crippen LogP) is 3.34. The molecule has 0 fully saturated rings. The van der Waals surface area contributed by atoms with Gasteiger partial charge in [0.25, 0.3) is 0 Å². The molecule has 0 rings (SSSR count). The fourth-order valence-electron chi connectivity index (χ4n) is 1.48. The van der Waals surface area contributed by atoms with Gasteiger partial charge in [-0.2, -0.15) is 0 Å². The molecule has 0 radical (unpaired) electrons. The molecule has 0 aliphatic heterocycles. The minimum absolute atomic E-state index is 0.0664. The number of carbonyl (C=O) groups is 1. The molecule has 0 heterocycles. The molecule has 0 spiro atoms. The summed E-state index contributed by atoms with van der Waals surface area (Å²) in [6, 6.07) is -0.205. The number of hydrogen-bond donors (Lipinski definition) is 2. The minimum Gasteiger partial charge on any atom is -0.444 e. The quantitative estimate of drug-likeness (QED) is 0.460. The molecular formula is C12H23ClN2O3. The highest BCUT2D eigenvalue weighted by Crippen LogP contribution is 2.12. The Morgan fingerprint density at radius 1 is 1.44 bits per heavy atom. The molecule has 5 nitrogen and oxygen atoms in total. The zero-order valence-corrected chi connectivity index (χ0v) is 12.4. The Morgan fingerprint density at radius 3 is 2.39 bits per heavy atom. The van der Waals surface area contributed by atoms with Crippen molar-refractivity contribution in [2.75, 3.05) is 0 Å². The van der Waals surface area contributed by atoms with Crippen LogP contribution in [-0.4, -0.2) is 28.1 Å². The van der Waals surface area contributed by atoms with E-state index in [-0.39, 0.29) is 17.6 Å². The second-order valence-electron chi connectivity index (χ2n) is 5.65. The zero-order chi connectivity index (χ0) is 14.3. The van der Waals surface area contributed by atoms with Crippen LogP contribution in [0.3, 0.4) is 0 Å². The molecule has 0 aromatic carbocycles. The van der Waals surface area contributed by atoms with E-state index in [2.05, 4.69) is 10.5 Å². The lowest BCUT2D eigenvalue weighted by Crippen LogP contribution is -2.40. The van der Waals surface area contributed by atoms with Crippen molar-refractivity contribution in [1.29, 1.82) is 0 Å². The molecule has 0 saturated heterocycles. The maximum Gasteiger partial charge on any atom is 0.407 e. The van der Waals surface area contributed by atoms with Crippen LogP contribution >= 0.6 is 11.6 Å². The summed E-state index contributed by atoms with van der Waals surface area (Å²) in [5, 5.41) is 14.3. The first-order chi connectivity index (χ1) is 8.14. The Hall–Kier alpha value is -0.970. The van der Waals surface area contributed by atoms with Crippen molar-refractivity contribution in [2.24, 2.45) is 11.1 Å². The molecule has 106 valence electrons. The smallest absolute Gasteiger partial charge is 0.407 e. The van der Waals surface area contributed by atoms with Gasteiger partial charge >= 0.3 is 6.09 Å². The lowest BCUT2D eigenvalue weighted by molar-refractivity contribution is 0.0500. The molecule has 0 aliphatic rings. The van der Waals surface area contributed by atoms with E-state index in [9.17, 15) is 4.79 Å². The molecule has 6 heteroatoms. The number of hydrogen-bond acceptors (Lipinski definition) is 4. The van der Waals surface area contributed by atoms with Crippen LogP contribution in [0.25, 0.3) is 0 Å². The molecule has 0 bridgehead atoms. The number of ether oxygens (including phenoxy) is 1. The molecule has 1 atom stereocenters. The van der Waals surface area contributed by atoms with Crippen LogP contribution in [0.1, 0.15) is 47.5 Å². The fourth-order valence-corrected chi connectivity index (χ4v) is 1.67. The van der Waals surface area contributed by atoms with Crippen LogP contribution in [0.15, 0.2) is 5.16 Å². The standard InChI is InChI=1S/C12H23ClN2O3/c1-8(2)6-9(7-10(13)15-17)14-11(16)18-12(3,4)5/h8-9,17H,6-7H2,1-5H3,(H,14,16)/b15-10-/t9-/m0/s1. The van der Waals surface area contributed by atoms with E-state index >= 15 is 0 Å². The van der Waals surface area contributed by atoms with Crippen molar-refractivity contribution in [3.05, 3.63) is 0 Å². The third-order valence-electron chi connectivity index (χ3n) is 2.00. The van der Waals surface area contributed by atoms with E-state index in [1.54, 1.807) is 20.8 Å². The van der Waals surface area contributed by atoms with Gasteiger partial charge in [-0.1, -0.05) is 30.6 Å². The van der Waals surface area contributed by atoms with Crippen LogP contribution in [0.2, 0.25) is 0 Å². The summed E-state index contributed by atoms with van der Waals surface area (Å²) in [6.45, 7) is 9.46. The molecule has 1 amide bonds. The van der Waals surface area contributed by atoms with Gasteiger partial charge in [-0.15, -0.1) is 0 Å². The van der Waals surface area contributed by atoms with Gasteiger partial charge in [0.05, 0.1) is 0 Å². The normalized spacial score (nSPS) is 14.5. The van der Waals surface area contributed by atoms with Crippen molar-refractivity contribution < 1.29 is 14.7 Å². The lowest BCUT2D eigenvalue weighted by atomic mass is 10.0. The largest absolute Gasteiger partial charge is 0.444 e. The van der Waals surface area contributed by atoms with Gasteiger partial charge in [0.1, 0.15) is 10.8 Å². The number of carbonyl (C=O) groups excluding carboxylic acids is 1. The van der Waals surface area contributed by atoms with Gasteiger partial charge in [0.2, 0.25) is 0 Å². The Kier molecular flexibility index (Phi) is 7.06. The minimum atomic E-state index is -0.540. The average molecular weight is 279 g/mol. The maximum atomic E-state index is 11.6. The van der Waals surface area contributed by atoms with Crippen molar-refractivity contribution >= 4 is 22.9 Å². The van der Waals surface area contributed by atoms with Crippen LogP contribution < -0.4 is 5.32 Å². The number of amides is 1. The number of nitrogens with one attached hydrogen (secondary N) is 1. The first-order valence-electron chi connectivity index (χ1n) is 6.00. The molecule has 0 unspecified atom stereocenters. The summed E-state index contributed by atoms with van der Waals surface area (Å²) >= 11 is 5.67. The average Bonchev–Trinajstić information content (AvgIpc) is 2.12. The predicted molar refractivity (Wildman–Crippen MR) is 72.3 cm³/mol. The van der Waals surface area contributed by atoms with E-state index in [4.69, 9.17) is 21.5 Å². The Balaban J connectivity index is 4.44. The highest BCUT2D eigenvalue weighted by molar-refractivity contribution is 6.65. The Morgan fingerprint density at radius 2 is 2.00 bits per heavy atom. The highest BCUT2D eigenvalue weighted by Gasteiger charge is 2.21. The van der Waals surface area contributed by atoms with Gasteiger partial charge in [0, 0.05) is 12.5 Å². The van der Waals surface area contributed by atoms with Gasteiger partial charge in [-0.05, 0) is 33.1 Å². The van der Waals surface area contributed by atoms with E-state index in [0.717, 1.165) is 6.42 Å².